The molecule has 1 aliphatic rings. The molecule has 3 aromatic heterocycles. The zero-order chi connectivity index (χ0) is 25.9. The summed E-state index contributed by atoms with van der Waals surface area (Å²) in [6, 6.07) is 3.60. The standard InChI is InChI=1S/C22H23F3N6O3S/c1-5-35(27,33)15-8-13(34-21(2,3)11-26)10-28-17(15)19-29-14-9-16(22(23,24)25)31(12-6-7-12)20(32)18(14)30(19)4/h8-10,12,27H,5-7H2,1-4H3/t35-/m0/s1. The fraction of sp³-hybridized carbons (Fsp3) is 0.455. The number of aryl methyl sites for hydroxylation is 1. The first-order valence-electron chi connectivity index (χ1n) is 10.8. The van der Waals surface area contributed by atoms with Crippen molar-refractivity contribution in [2.24, 2.45) is 7.05 Å². The second-order valence-corrected chi connectivity index (χ2v) is 11.2. The minimum Gasteiger partial charge on any atom is -0.471 e. The van der Waals surface area contributed by atoms with Gasteiger partial charge in [-0.15, -0.1) is 0 Å². The van der Waals surface area contributed by atoms with Crippen LogP contribution in [0.4, 0.5) is 13.2 Å². The number of nitrogens with one attached hydrogen (secondary N) is 1. The summed E-state index contributed by atoms with van der Waals surface area (Å²) < 4.78 is 70.4. The van der Waals surface area contributed by atoms with Crippen LogP contribution in [0.2, 0.25) is 0 Å². The van der Waals surface area contributed by atoms with E-state index in [1.54, 1.807) is 6.92 Å². The Labute approximate surface area is 199 Å². The molecule has 3 heterocycles. The van der Waals surface area contributed by atoms with E-state index in [4.69, 9.17) is 9.52 Å². The van der Waals surface area contributed by atoms with Crippen LogP contribution in [0.15, 0.2) is 28.0 Å². The fourth-order valence-electron chi connectivity index (χ4n) is 3.80. The molecule has 0 saturated heterocycles. The molecule has 0 spiro atoms. The van der Waals surface area contributed by atoms with Crippen LogP contribution in [0.25, 0.3) is 22.6 Å². The van der Waals surface area contributed by atoms with Crippen molar-refractivity contribution in [3.8, 4) is 23.3 Å². The maximum Gasteiger partial charge on any atom is 0.431 e. The lowest BCUT2D eigenvalue weighted by Gasteiger charge is -2.19. The predicted octanol–water partition coefficient (Wildman–Crippen LogP) is 4.26. The number of aromatic nitrogens is 4. The summed E-state index contributed by atoms with van der Waals surface area (Å²) in [5.74, 6) is 0.00916. The quantitative estimate of drug-likeness (QED) is 0.530. The first kappa shape index (κ1) is 24.7. The van der Waals surface area contributed by atoms with E-state index in [2.05, 4.69) is 9.97 Å². The lowest BCUT2D eigenvalue weighted by Crippen LogP contribution is -2.28. The highest BCUT2D eigenvalue weighted by Gasteiger charge is 2.40. The fourth-order valence-corrected chi connectivity index (χ4v) is 4.87. The maximum absolute atomic E-state index is 13.7. The van der Waals surface area contributed by atoms with Gasteiger partial charge >= 0.3 is 6.18 Å². The van der Waals surface area contributed by atoms with Gasteiger partial charge in [0.2, 0.25) is 0 Å². The zero-order valence-corrected chi connectivity index (χ0v) is 20.3. The zero-order valence-electron chi connectivity index (χ0n) is 19.4. The third-order valence-electron chi connectivity index (χ3n) is 5.72. The van der Waals surface area contributed by atoms with Crippen molar-refractivity contribution in [2.75, 3.05) is 5.75 Å². The van der Waals surface area contributed by atoms with E-state index >= 15 is 0 Å². The van der Waals surface area contributed by atoms with Gasteiger partial charge in [-0.1, -0.05) is 6.92 Å². The second kappa shape index (κ2) is 8.08. The van der Waals surface area contributed by atoms with E-state index in [1.165, 1.54) is 37.7 Å². The van der Waals surface area contributed by atoms with Crippen LogP contribution >= 0.6 is 0 Å². The third kappa shape index (κ3) is 4.38. The molecule has 35 heavy (non-hydrogen) atoms. The number of fused-ring (bicyclic) bond motifs is 1. The molecule has 1 atom stereocenters. The van der Waals surface area contributed by atoms with Crippen molar-refractivity contribution in [3.63, 3.8) is 0 Å². The van der Waals surface area contributed by atoms with Crippen LogP contribution in [-0.2, 0) is 23.0 Å². The lowest BCUT2D eigenvalue weighted by atomic mass is 10.2. The summed E-state index contributed by atoms with van der Waals surface area (Å²) in [5.41, 5.74) is -3.36. The van der Waals surface area contributed by atoms with E-state index in [9.17, 15) is 27.4 Å². The van der Waals surface area contributed by atoms with Gasteiger partial charge in [0.05, 0.1) is 26.3 Å². The van der Waals surface area contributed by atoms with Gasteiger partial charge in [-0.3, -0.25) is 9.36 Å². The average molecular weight is 509 g/mol. The Morgan fingerprint density at radius 2 is 1.97 bits per heavy atom. The molecule has 4 rings (SSSR count). The van der Waals surface area contributed by atoms with Crippen molar-refractivity contribution in [1.82, 2.24) is 19.1 Å². The van der Waals surface area contributed by atoms with Gasteiger partial charge in [-0.05, 0) is 32.8 Å². The molecule has 1 saturated carbocycles. The molecule has 186 valence electrons. The molecule has 3 aromatic rings. The van der Waals surface area contributed by atoms with Crippen LogP contribution in [0.3, 0.4) is 0 Å². The summed E-state index contributed by atoms with van der Waals surface area (Å²) in [6.45, 7) is 4.59. The van der Waals surface area contributed by atoms with Crippen molar-refractivity contribution >= 4 is 20.8 Å². The Morgan fingerprint density at radius 3 is 2.51 bits per heavy atom. The van der Waals surface area contributed by atoms with E-state index in [0.717, 1.165) is 10.6 Å². The van der Waals surface area contributed by atoms with E-state index in [1.807, 2.05) is 6.07 Å². The third-order valence-corrected chi connectivity index (χ3v) is 7.56. The highest BCUT2D eigenvalue weighted by atomic mass is 32.2. The summed E-state index contributed by atoms with van der Waals surface area (Å²) in [6.07, 6.45) is -2.54. The number of hydrogen-bond donors (Lipinski definition) is 1. The summed E-state index contributed by atoms with van der Waals surface area (Å²) >= 11 is 0. The van der Waals surface area contributed by atoms with Crippen LogP contribution < -0.4 is 10.3 Å². The highest BCUT2D eigenvalue weighted by molar-refractivity contribution is 7.92. The number of rotatable bonds is 6. The first-order valence-corrected chi connectivity index (χ1v) is 12.5. The molecule has 1 fully saturated rings. The SMILES string of the molecule is CC[S@](=N)(=O)c1cc(OC(C)(C)C#N)cnc1-c1nc2cc(C(F)(F)F)n(C3CC3)c(=O)c2n1C. The molecule has 0 aliphatic heterocycles. The molecule has 13 heteroatoms. The molecule has 1 aliphatic carbocycles. The number of nitriles is 1. The number of imidazole rings is 1. The number of alkyl halides is 3. The van der Waals surface area contributed by atoms with Crippen molar-refractivity contribution in [3.05, 3.63) is 34.4 Å². The molecule has 0 radical (unpaired) electrons. The normalized spacial score (nSPS) is 16.2. The number of pyridine rings is 2. The van der Waals surface area contributed by atoms with Crippen molar-refractivity contribution in [1.29, 1.82) is 10.0 Å². The number of halogens is 3. The van der Waals surface area contributed by atoms with Gasteiger partial charge < -0.3 is 9.30 Å². The van der Waals surface area contributed by atoms with Crippen LogP contribution in [0, 0.1) is 16.1 Å². The average Bonchev–Trinajstić information content (AvgIpc) is 3.55. The topological polar surface area (TPSA) is 127 Å². The predicted molar refractivity (Wildman–Crippen MR) is 121 cm³/mol. The lowest BCUT2D eigenvalue weighted by molar-refractivity contribution is -0.144. The second-order valence-electron chi connectivity index (χ2n) is 8.87. The Hall–Kier alpha value is -3.40. The molecular weight excluding hydrogens is 485 g/mol. The Bertz CT molecular complexity index is 1540. The van der Waals surface area contributed by atoms with Crippen LogP contribution in [0.1, 0.15) is 45.3 Å². The first-order chi connectivity index (χ1) is 16.2. The largest absolute Gasteiger partial charge is 0.471 e. The Kier molecular flexibility index (Phi) is 5.71. The van der Waals surface area contributed by atoms with Crippen molar-refractivity contribution < 1.29 is 22.1 Å². The Balaban J connectivity index is 1.99. The van der Waals surface area contributed by atoms with E-state index < -0.39 is 38.8 Å². The van der Waals surface area contributed by atoms with Gasteiger partial charge in [-0.2, -0.15) is 18.4 Å². The number of nitrogens with zero attached hydrogens (tertiary/aromatic N) is 5. The monoisotopic (exact) mass is 508 g/mol. The molecule has 1 N–H and O–H groups in total. The summed E-state index contributed by atoms with van der Waals surface area (Å²) in [5, 5.41) is 9.24. The highest BCUT2D eigenvalue weighted by Crippen LogP contribution is 2.40. The van der Waals surface area contributed by atoms with Gasteiger partial charge in [0.15, 0.2) is 11.4 Å². The van der Waals surface area contributed by atoms with E-state index in [-0.39, 0.29) is 38.9 Å². The molecule has 0 bridgehead atoms. The van der Waals surface area contributed by atoms with Crippen molar-refractivity contribution in [2.45, 2.75) is 56.3 Å². The van der Waals surface area contributed by atoms with Gasteiger partial charge in [0.25, 0.3) is 5.56 Å². The Morgan fingerprint density at radius 1 is 1.31 bits per heavy atom. The van der Waals surface area contributed by atoms with Gasteiger partial charge in [0, 0.05) is 24.9 Å². The molecule has 9 nitrogen and oxygen atoms in total. The smallest absolute Gasteiger partial charge is 0.431 e. The minimum atomic E-state index is -4.75. The van der Waals surface area contributed by atoms with Crippen LogP contribution in [-0.4, -0.2) is 34.7 Å². The van der Waals surface area contributed by atoms with E-state index in [0.29, 0.717) is 12.8 Å². The van der Waals surface area contributed by atoms with Gasteiger partial charge in [0.1, 0.15) is 28.7 Å². The summed E-state index contributed by atoms with van der Waals surface area (Å²) in [7, 11) is -1.95. The molecule has 0 unspecified atom stereocenters. The number of hydrogen-bond acceptors (Lipinski definition) is 7. The molecule has 0 amide bonds. The maximum atomic E-state index is 13.7. The van der Waals surface area contributed by atoms with Crippen LogP contribution in [0.5, 0.6) is 5.75 Å². The molecule has 0 aromatic carbocycles. The molecular formula is C22H23F3N6O3S. The number of ether oxygens (including phenoxy) is 1. The summed E-state index contributed by atoms with van der Waals surface area (Å²) in [4.78, 5) is 21.6. The minimum absolute atomic E-state index is 0.00621. The van der Waals surface area contributed by atoms with Gasteiger partial charge in [-0.25, -0.2) is 19.0 Å².